The third kappa shape index (κ3) is 3.11. The molecule has 1 heterocycles. The van der Waals surface area contributed by atoms with E-state index < -0.39 is 0 Å². The number of aromatic nitrogens is 1. The summed E-state index contributed by atoms with van der Waals surface area (Å²) in [4.78, 5) is 16.0. The number of halogens is 2. The third-order valence-electron chi connectivity index (χ3n) is 2.33. The van der Waals surface area contributed by atoms with Gasteiger partial charge in [0, 0.05) is 10.7 Å². The van der Waals surface area contributed by atoms with Crippen LogP contribution in [0.5, 0.6) is 0 Å². The van der Waals surface area contributed by atoms with Crippen LogP contribution in [0.15, 0.2) is 41.0 Å². The highest BCUT2D eigenvalue weighted by Gasteiger charge is 2.12. The molecular weight excluding hydrogens is 330 g/mol. The molecule has 1 N–H and O–H groups in total. The molecule has 0 bridgehead atoms. The molecule has 0 saturated carbocycles. The van der Waals surface area contributed by atoms with E-state index in [0.29, 0.717) is 26.4 Å². The van der Waals surface area contributed by atoms with Crippen LogP contribution in [0, 0.1) is 11.3 Å². The van der Waals surface area contributed by atoms with Gasteiger partial charge in [-0.25, -0.2) is 4.98 Å². The third-order valence-corrected chi connectivity index (χ3v) is 3.63. The van der Waals surface area contributed by atoms with Crippen LogP contribution in [0.3, 0.4) is 0 Å². The monoisotopic (exact) mass is 335 g/mol. The second kappa shape index (κ2) is 5.83. The van der Waals surface area contributed by atoms with E-state index in [1.165, 1.54) is 6.20 Å². The maximum absolute atomic E-state index is 12.0. The standard InChI is InChI=1S/C13H7BrClN3O/c14-10-3-1-2-9(12(10)15)13(19)18-11-5-4-8(6-16)7-17-11/h1-5,7H,(H,17,18,19). The van der Waals surface area contributed by atoms with E-state index in [1.54, 1.807) is 30.3 Å². The minimum absolute atomic E-state index is 0.341. The first kappa shape index (κ1) is 13.5. The fourth-order valence-corrected chi connectivity index (χ4v) is 1.97. The van der Waals surface area contributed by atoms with E-state index in [4.69, 9.17) is 16.9 Å². The normalized spacial score (nSPS) is 9.74. The minimum Gasteiger partial charge on any atom is -0.307 e. The molecule has 0 atom stereocenters. The van der Waals surface area contributed by atoms with Gasteiger partial charge in [0.2, 0.25) is 0 Å². The summed E-state index contributed by atoms with van der Waals surface area (Å²) >= 11 is 9.29. The average molecular weight is 337 g/mol. The lowest BCUT2D eigenvalue weighted by atomic mass is 10.2. The lowest BCUT2D eigenvalue weighted by molar-refractivity contribution is 0.102. The molecule has 0 fully saturated rings. The summed E-state index contributed by atoms with van der Waals surface area (Å²) in [6.45, 7) is 0. The number of nitrogens with zero attached hydrogens (tertiary/aromatic N) is 2. The smallest absolute Gasteiger partial charge is 0.258 e. The van der Waals surface area contributed by atoms with Crippen molar-refractivity contribution in [3.05, 3.63) is 57.2 Å². The fraction of sp³-hybridized carbons (Fsp3) is 0. The highest BCUT2D eigenvalue weighted by molar-refractivity contribution is 9.10. The molecule has 1 aromatic heterocycles. The molecule has 0 spiro atoms. The van der Waals surface area contributed by atoms with Gasteiger partial charge in [0.05, 0.1) is 16.1 Å². The Morgan fingerprint density at radius 1 is 1.37 bits per heavy atom. The number of carbonyl (C=O) groups is 1. The van der Waals surface area contributed by atoms with Gasteiger partial charge in [0.15, 0.2) is 0 Å². The summed E-state index contributed by atoms with van der Waals surface area (Å²) in [7, 11) is 0. The number of nitrogens with one attached hydrogen (secondary N) is 1. The van der Waals surface area contributed by atoms with Crippen molar-refractivity contribution in [2.45, 2.75) is 0 Å². The summed E-state index contributed by atoms with van der Waals surface area (Å²) in [6.07, 6.45) is 1.39. The number of amides is 1. The Morgan fingerprint density at radius 3 is 2.79 bits per heavy atom. The molecule has 0 aliphatic rings. The molecule has 94 valence electrons. The van der Waals surface area contributed by atoms with E-state index in [9.17, 15) is 4.79 Å². The van der Waals surface area contributed by atoms with Gasteiger partial charge in [-0.3, -0.25) is 4.79 Å². The molecule has 0 aliphatic heterocycles. The van der Waals surface area contributed by atoms with Gasteiger partial charge in [-0.15, -0.1) is 0 Å². The molecule has 6 heteroatoms. The molecule has 1 aromatic carbocycles. The van der Waals surface area contributed by atoms with Crippen molar-refractivity contribution in [3.8, 4) is 6.07 Å². The van der Waals surface area contributed by atoms with Gasteiger partial charge in [0.1, 0.15) is 11.9 Å². The molecule has 2 rings (SSSR count). The summed E-state index contributed by atoms with van der Waals surface area (Å²) in [6, 6.07) is 10.2. The molecule has 0 aliphatic carbocycles. The van der Waals surface area contributed by atoms with Crippen molar-refractivity contribution < 1.29 is 4.79 Å². The van der Waals surface area contributed by atoms with Gasteiger partial charge in [-0.05, 0) is 40.2 Å². The minimum atomic E-state index is -0.358. The van der Waals surface area contributed by atoms with Gasteiger partial charge in [-0.2, -0.15) is 5.26 Å². The Kier molecular flexibility index (Phi) is 4.15. The zero-order valence-electron chi connectivity index (χ0n) is 9.52. The van der Waals surface area contributed by atoms with Crippen molar-refractivity contribution in [2.75, 3.05) is 5.32 Å². The summed E-state index contributed by atoms with van der Waals surface area (Å²) in [5.74, 6) is 0.00329. The zero-order valence-corrected chi connectivity index (χ0v) is 11.9. The lowest BCUT2D eigenvalue weighted by Gasteiger charge is -2.06. The van der Waals surface area contributed by atoms with Crippen molar-refractivity contribution in [1.29, 1.82) is 5.26 Å². The Hall–Kier alpha value is -1.90. The highest BCUT2D eigenvalue weighted by atomic mass is 79.9. The number of pyridine rings is 1. The van der Waals surface area contributed by atoms with Crippen LogP contribution in [-0.4, -0.2) is 10.9 Å². The Morgan fingerprint density at radius 2 is 2.16 bits per heavy atom. The summed E-state index contributed by atoms with van der Waals surface area (Å²) < 4.78 is 0.648. The van der Waals surface area contributed by atoms with E-state index in [-0.39, 0.29) is 5.91 Å². The van der Waals surface area contributed by atoms with Crippen LogP contribution in [0.2, 0.25) is 5.02 Å². The van der Waals surface area contributed by atoms with Crippen LogP contribution in [0.4, 0.5) is 5.82 Å². The molecule has 0 radical (unpaired) electrons. The maximum Gasteiger partial charge on any atom is 0.258 e. The number of hydrogen-bond acceptors (Lipinski definition) is 3. The van der Waals surface area contributed by atoms with E-state index in [2.05, 4.69) is 26.2 Å². The Bertz CT molecular complexity index is 665. The number of benzene rings is 1. The topological polar surface area (TPSA) is 65.8 Å². The van der Waals surface area contributed by atoms with Crippen LogP contribution in [0.1, 0.15) is 15.9 Å². The quantitative estimate of drug-likeness (QED) is 0.911. The first-order chi connectivity index (χ1) is 9.11. The average Bonchev–Trinajstić information content (AvgIpc) is 2.42. The maximum atomic E-state index is 12.0. The van der Waals surface area contributed by atoms with Gasteiger partial charge >= 0.3 is 0 Å². The van der Waals surface area contributed by atoms with Gasteiger partial charge < -0.3 is 5.32 Å². The SMILES string of the molecule is N#Cc1ccc(NC(=O)c2cccc(Br)c2Cl)nc1. The summed E-state index contributed by atoms with van der Waals surface area (Å²) in [5.41, 5.74) is 0.778. The summed E-state index contributed by atoms with van der Waals surface area (Å²) in [5, 5.41) is 11.6. The first-order valence-corrected chi connectivity index (χ1v) is 6.40. The molecule has 1 amide bonds. The highest BCUT2D eigenvalue weighted by Crippen LogP contribution is 2.26. The lowest BCUT2D eigenvalue weighted by Crippen LogP contribution is -2.13. The second-order valence-corrected chi connectivity index (χ2v) is 4.83. The predicted molar refractivity (Wildman–Crippen MR) is 76.1 cm³/mol. The number of rotatable bonds is 2. The molecule has 4 nitrogen and oxygen atoms in total. The number of anilines is 1. The molecule has 19 heavy (non-hydrogen) atoms. The van der Waals surface area contributed by atoms with Crippen molar-refractivity contribution in [3.63, 3.8) is 0 Å². The molecule has 0 saturated heterocycles. The molecular formula is C13H7BrClN3O. The van der Waals surface area contributed by atoms with E-state index in [0.717, 1.165) is 0 Å². The van der Waals surface area contributed by atoms with E-state index in [1.807, 2.05) is 6.07 Å². The van der Waals surface area contributed by atoms with Gasteiger partial charge in [0.25, 0.3) is 5.91 Å². The largest absolute Gasteiger partial charge is 0.307 e. The van der Waals surface area contributed by atoms with Crippen molar-refractivity contribution >= 4 is 39.3 Å². The van der Waals surface area contributed by atoms with Crippen LogP contribution in [-0.2, 0) is 0 Å². The molecule has 0 unspecified atom stereocenters. The first-order valence-electron chi connectivity index (χ1n) is 5.23. The van der Waals surface area contributed by atoms with Crippen molar-refractivity contribution in [2.24, 2.45) is 0 Å². The molecule has 2 aromatic rings. The predicted octanol–water partition coefficient (Wildman–Crippen LogP) is 3.62. The van der Waals surface area contributed by atoms with Crippen LogP contribution < -0.4 is 5.32 Å². The number of nitriles is 1. The Labute approximate surface area is 123 Å². The van der Waals surface area contributed by atoms with Crippen LogP contribution >= 0.6 is 27.5 Å². The van der Waals surface area contributed by atoms with Crippen molar-refractivity contribution in [1.82, 2.24) is 4.98 Å². The van der Waals surface area contributed by atoms with Crippen LogP contribution in [0.25, 0.3) is 0 Å². The Balaban J connectivity index is 2.21. The second-order valence-electron chi connectivity index (χ2n) is 3.60. The number of hydrogen-bond donors (Lipinski definition) is 1. The van der Waals surface area contributed by atoms with E-state index >= 15 is 0 Å². The van der Waals surface area contributed by atoms with Gasteiger partial charge in [-0.1, -0.05) is 17.7 Å². The fourth-order valence-electron chi connectivity index (χ4n) is 1.40. The zero-order chi connectivity index (χ0) is 13.8. The number of carbonyl (C=O) groups excluding carboxylic acids is 1.